The summed E-state index contributed by atoms with van der Waals surface area (Å²) in [6, 6.07) is 14.8. The summed E-state index contributed by atoms with van der Waals surface area (Å²) in [7, 11) is 1.73. The van der Waals surface area contributed by atoms with Crippen LogP contribution in [0.4, 0.5) is 5.69 Å². The second-order valence-corrected chi connectivity index (χ2v) is 6.93. The molecule has 124 valence electrons. The molecule has 2 aromatic carbocycles. The van der Waals surface area contributed by atoms with E-state index in [0.717, 1.165) is 42.8 Å². The molecule has 0 radical (unpaired) electrons. The van der Waals surface area contributed by atoms with E-state index in [2.05, 4.69) is 51.7 Å². The van der Waals surface area contributed by atoms with Crippen LogP contribution in [0.3, 0.4) is 0 Å². The molecule has 4 nitrogen and oxygen atoms in total. The van der Waals surface area contributed by atoms with Gasteiger partial charge in [0, 0.05) is 42.2 Å². The first-order valence-electron chi connectivity index (χ1n) is 8.23. The normalized spacial score (nSPS) is 15.0. The summed E-state index contributed by atoms with van der Waals surface area (Å²) in [4.78, 5) is 8.30. The van der Waals surface area contributed by atoms with Crippen molar-refractivity contribution in [2.45, 2.75) is 9.79 Å². The number of hydrogen-bond acceptors (Lipinski definition) is 4. The van der Waals surface area contributed by atoms with Gasteiger partial charge < -0.3 is 19.9 Å². The molecule has 2 heterocycles. The van der Waals surface area contributed by atoms with Crippen LogP contribution >= 0.6 is 11.8 Å². The largest absolute Gasteiger partial charge is 0.496 e. The van der Waals surface area contributed by atoms with Crippen LogP contribution in [-0.4, -0.2) is 38.3 Å². The Morgan fingerprint density at radius 1 is 1.00 bits per heavy atom. The monoisotopic (exact) mass is 339 g/mol. The van der Waals surface area contributed by atoms with Crippen molar-refractivity contribution in [3.63, 3.8) is 0 Å². The number of aromatic amines is 1. The zero-order valence-electron chi connectivity index (χ0n) is 13.7. The standard InChI is InChI=1S/C19H21N3OS/c1-23-16-7-4-5-14-19(16)18(13-21-14)24-17-8-3-2-6-15(17)22-11-9-20-10-12-22/h2-8,13,20-21H,9-12H2,1H3. The van der Waals surface area contributed by atoms with E-state index in [-0.39, 0.29) is 0 Å². The summed E-state index contributed by atoms with van der Waals surface area (Å²) in [5.41, 5.74) is 2.42. The third-order valence-electron chi connectivity index (χ3n) is 4.39. The van der Waals surface area contributed by atoms with E-state index >= 15 is 0 Å². The number of para-hydroxylation sites is 1. The molecule has 0 atom stereocenters. The van der Waals surface area contributed by atoms with Crippen LogP contribution in [0.2, 0.25) is 0 Å². The van der Waals surface area contributed by atoms with Crippen LogP contribution in [0, 0.1) is 0 Å². The van der Waals surface area contributed by atoms with Gasteiger partial charge in [0.05, 0.1) is 23.7 Å². The minimum atomic E-state index is 0.913. The number of fused-ring (bicyclic) bond motifs is 1. The molecule has 0 amide bonds. The van der Waals surface area contributed by atoms with Crippen molar-refractivity contribution in [2.24, 2.45) is 0 Å². The van der Waals surface area contributed by atoms with Crippen molar-refractivity contribution in [3.8, 4) is 5.75 Å². The second-order valence-electron chi connectivity index (χ2n) is 5.84. The molecule has 0 unspecified atom stereocenters. The van der Waals surface area contributed by atoms with Crippen LogP contribution in [0.25, 0.3) is 10.9 Å². The van der Waals surface area contributed by atoms with Crippen molar-refractivity contribution in [3.05, 3.63) is 48.7 Å². The molecule has 1 saturated heterocycles. The average molecular weight is 339 g/mol. The topological polar surface area (TPSA) is 40.3 Å². The average Bonchev–Trinajstić information content (AvgIpc) is 3.06. The summed E-state index contributed by atoms with van der Waals surface area (Å²) in [5.74, 6) is 0.913. The zero-order chi connectivity index (χ0) is 16.4. The third kappa shape index (κ3) is 2.85. The van der Waals surface area contributed by atoms with Gasteiger partial charge in [-0.05, 0) is 24.3 Å². The first-order chi connectivity index (χ1) is 11.9. The number of nitrogens with zero attached hydrogens (tertiary/aromatic N) is 1. The quantitative estimate of drug-likeness (QED) is 0.760. The van der Waals surface area contributed by atoms with Crippen molar-refractivity contribution in [1.29, 1.82) is 0 Å². The van der Waals surface area contributed by atoms with Crippen molar-refractivity contribution in [1.82, 2.24) is 10.3 Å². The summed E-state index contributed by atoms with van der Waals surface area (Å²) in [5, 5.41) is 4.57. The van der Waals surface area contributed by atoms with Crippen molar-refractivity contribution < 1.29 is 4.74 Å². The van der Waals surface area contributed by atoms with E-state index in [4.69, 9.17) is 4.74 Å². The molecule has 5 heteroatoms. The zero-order valence-corrected chi connectivity index (χ0v) is 14.5. The van der Waals surface area contributed by atoms with Crippen LogP contribution < -0.4 is 15.0 Å². The van der Waals surface area contributed by atoms with Gasteiger partial charge >= 0.3 is 0 Å². The van der Waals surface area contributed by atoms with Gasteiger partial charge in [-0.1, -0.05) is 30.0 Å². The number of piperazine rings is 1. The second kappa shape index (κ2) is 6.79. The molecule has 24 heavy (non-hydrogen) atoms. The van der Waals surface area contributed by atoms with E-state index in [0.29, 0.717) is 0 Å². The maximum absolute atomic E-state index is 5.56. The molecule has 0 bridgehead atoms. The lowest BCUT2D eigenvalue weighted by molar-refractivity contribution is 0.419. The fraction of sp³-hybridized carbons (Fsp3) is 0.263. The van der Waals surface area contributed by atoms with E-state index in [1.165, 1.54) is 15.5 Å². The first kappa shape index (κ1) is 15.4. The molecule has 1 fully saturated rings. The maximum Gasteiger partial charge on any atom is 0.129 e. The van der Waals surface area contributed by atoms with E-state index < -0.39 is 0 Å². The van der Waals surface area contributed by atoms with Crippen LogP contribution in [-0.2, 0) is 0 Å². The first-order valence-corrected chi connectivity index (χ1v) is 9.05. The van der Waals surface area contributed by atoms with Gasteiger partial charge in [-0.25, -0.2) is 0 Å². The lowest BCUT2D eigenvalue weighted by atomic mass is 10.2. The Morgan fingerprint density at radius 2 is 1.83 bits per heavy atom. The van der Waals surface area contributed by atoms with Crippen molar-refractivity contribution >= 4 is 28.4 Å². The Labute approximate surface area is 146 Å². The van der Waals surface area contributed by atoms with Gasteiger partial charge in [0.15, 0.2) is 0 Å². The molecular formula is C19H21N3OS. The van der Waals surface area contributed by atoms with Crippen LogP contribution in [0.5, 0.6) is 5.75 Å². The van der Waals surface area contributed by atoms with Gasteiger partial charge in [-0.2, -0.15) is 0 Å². The van der Waals surface area contributed by atoms with E-state index in [1.807, 2.05) is 12.1 Å². The summed E-state index contributed by atoms with van der Waals surface area (Å²) in [6.07, 6.45) is 2.08. The Bertz CT molecular complexity index is 839. The van der Waals surface area contributed by atoms with E-state index in [1.54, 1.807) is 18.9 Å². The highest BCUT2D eigenvalue weighted by atomic mass is 32.2. The minimum Gasteiger partial charge on any atom is -0.496 e. The number of rotatable bonds is 4. The molecule has 1 aliphatic heterocycles. The Hall–Kier alpha value is -2.11. The Kier molecular flexibility index (Phi) is 4.36. The van der Waals surface area contributed by atoms with Gasteiger partial charge in [-0.3, -0.25) is 0 Å². The third-order valence-corrected chi connectivity index (χ3v) is 5.50. The number of H-pyrrole nitrogens is 1. The number of aromatic nitrogens is 1. The number of ether oxygens (including phenoxy) is 1. The SMILES string of the molecule is COc1cccc2[nH]cc(Sc3ccccc3N3CCNCC3)c12. The lowest BCUT2D eigenvalue weighted by Crippen LogP contribution is -2.43. The number of benzene rings is 2. The predicted molar refractivity (Wildman–Crippen MR) is 100 cm³/mol. The highest BCUT2D eigenvalue weighted by Gasteiger charge is 2.16. The molecule has 3 aromatic rings. The maximum atomic E-state index is 5.56. The smallest absolute Gasteiger partial charge is 0.129 e. The molecule has 0 saturated carbocycles. The molecule has 4 rings (SSSR count). The van der Waals surface area contributed by atoms with Gasteiger partial charge in [-0.15, -0.1) is 0 Å². The fourth-order valence-corrected chi connectivity index (χ4v) is 4.32. The summed E-state index contributed by atoms with van der Waals surface area (Å²) >= 11 is 1.80. The predicted octanol–water partition coefficient (Wildman–Crippen LogP) is 3.74. The lowest BCUT2D eigenvalue weighted by Gasteiger charge is -2.30. The van der Waals surface area contributed by atoms with Gasteiger partial charge in [0.25, 0.3) is 0 Å². The van der Waals surface area contributed by atoms with E-state index in [9.17, 15) is 0 Å². The minimum absolute atomic E-state index is 0.913. The fourth-order valence-electron chi connectivity index (χ4n) is 3.20. The number of nitrogens with one attached hydrogen (secondary N) is 2. The van der Waals surface area contributed by atoms with Crippen molar-refractivity contribution in [2.75, 3.05) is 38.2 Å². The van der Waals surface area contributed by atoms with Crippen LogP contribution in [0.15, 0.2) is 58.5 Å². The molecule has 2 N–H and O–H groups in total. The molecular weight excluding hydrogens is 318 g/mol. The summed E-state index contributed by atoms with van der Waals surface area (Å²) in [6.45, 7) is 4.18. The molecule has 0 aliphatic carbocycles. The highest BCUT2D eigenvalue weighted by molar-refractivity contribution is 7.99. The Morgan fingerprint density at radius 3 is 2.67 bits per heavy atom. The molecule has 0 spiro atoms. The molecule has 1 aromatic heterocycles. The number of hydrogen-bond donors (Lipinski definition) is 2. The van der Waals surface area contributed by atoms with Gasteiger partial charge in [0.2, 0.25) is 0 Å². The number of methoxy groups -OCH3 is 1. The highest BCUT2D eigenvalue weighted by Crippen LogP contribution is 2.41. The summed E-state index contributed by atoms with van der Waals surface area (Å²) < 4.78 is 5.56. The Balaban J connectivity index is 1.71. The molecule has 1 aliphatic rings. The van der Waals surface area contributed by atoms with Crippen LogP contribution in [0.1, 0.15) is 0 Å². The van der Waals surface area contributed by atoms with Gasteiger partial charge in [0.1, 0.15) is 5.75 Å². The number of anilines is 1.